The smallest absolute Gasteiger partial charge is 0.303 e. The highest BCUT2D eigenvalue weighted by atomic mass is 32.2. The van der Waals surface area contributed by atoms with E-state index in [4.69, 9.17) is 23.7 Å². The fraction of sp³-hybridized carbons (Fsp3) is 0.586. The quantitative estimate of drug-likeness (QED) is 0.290. The first kappa shape index (κ1) is 32.3. The van der Waals surface area contributed by atoms with Crippen molar-refractivity contribution in [2.45, 2.75) is 108 Å². The molecule has 1 saturated heterocycles. The molecular weight excluding hydrogens is 580 g/mol. The topological polar surface area (TPSA) is 157 Å². The summed E-state index contributed by atoms with van der Waals surface area (Å²) in [5, 5.41) is 12.2. The molecule has 234 valence electrons. The molecule has 2 aromatic rings. The summed E-state index contributed by atoms with van der Waals surface area (Å²) >= 11 is 1.19. The van der Waals surface area contributed by atoms with Gasteiger partial charge in [-0.05, 0) is 37.5 Å². The Labute approximate surface area is 254 Å². The standard InChI is InChI=1S/C29H38N4O9S/c1-16-9-8-12-22(13-16)39-15-24-31-32-29(33(24)21-10-6-7-11-21)43-28-25(30-17(2)34)27(41-20(5)37)26(40-19(4)36)23(42-28)14-38-18(3)35/h8-9,12-13,21,23,25-28H,6-7,10-11,14-15H2,1-5H3,(H,30,34)/t23-,25+,26-,27+,28+/m1/s1. The van der Waals surface area contributed by atoms with E-state index in [0.717, 1.165) is 31.2 Å². The number of aromatic nitrogens is 3. The third-order valence-electron chi connectivity index (χ3n) is 7.08. The summed E-state index contributed by atoms with van der Waals surface area (Å²) in [4.78, 5) is 48.3. The van der Waals surface area contributed by atoms with Crippen LogP contribution in [0.4, 0.5) is 0 Å². The van der Waals surface area contributed by atoms with Gasteiger partial charge in [-0.1, -0.05) is 36.7 Å². The summed E-state index contributed by atoms with van der Waals surface area (Å²) in [5.41, 5.74) is 0.178. The number of amides is 1. The molecule has 1 amide bonds. The lowest BCUT2D eigenvalue weighted by atomic mass is 9.97. The van der Waals surface area contributed by atoms with Crippen LogP contribution in [0, 0.1) is 6.92 Å². The fourth-order valence-corrected chi connectivity index (χ4v) is 6.60. The predicted octanol–water partition coefficient (Wildman–Crippen LogP) is 3.03. The molecular formula is C29H38N4O9S. The molecule has 14 heteroatoms. The molecule has 2 heterocycles. The van der Waals surface area contributed by atoms with E-state index in [1.54, 1.807) is 0 Å². The van der Waals surface area contributed by atoms with Gasteiger partial charge in [0.25, 0.3) is 0 Å². The number of hydrogen-bond acceptors (Lipinski definition) is 12. The number of carbonyl (C=O) groups excluding carboxylic acids is 4. The molecule has 0 spiro atoms. The number of aryl methyl sites for hydroxylation is 1. The van der Waals surface area contributed by atoms with E-state index in [0.29, 0.717) is 16.7 Å². The number of nitrogens with one attached hydrogen (secondary N) is 1. The van der Waals surface area contributed by atoms with Crippen molar-refractivity contribution in [3.05, 3.63) is 35.7 Å². The Morgan fingerprint density at radius 1 is 1.00 bits per heavy atom. The number of carbonyl (C=O) groups is 4. The Kier molecular flexibility index (Phi) is 11.0. The van der Waals surface area contributed by atoms with E-state index in [9.17, 15) is 19.2 Å². The van der Waals surface area contributed by atoms with Crippen LogP contribution in [0.1, 0.15) is 70.8 Å². The van der Waals surface area contributed by atoms with Crippen LogP contribution in [0.3, 0.4) is 0 Å². The summed E-state index contributed by atoms with van der Waals surface area (Å²) in [6.07, 6.45) is 0.661. The maximum Gasteiger partial charge on any atom is 0.303 e. The lowest BCUT2D eigenvalue weighted by Gasteiger charge is -2.44. The fourth-order valence-electron chi connectivity index (χ4n) is 5.36. The van der Waals surface area contributed by atoms with Crippen LogP contribution in [0.25, 0.3) is 0 Å². The maximum atomic E-state index is 12.3. The second-order valence-electron chi connectivity index (χ2n) is 10.7. The average Bonchev–Trinajstić information content (AvgIpc) is 3.59. The first-order chi connectivity index (χ1) is 20.5. The van der Waals surface area contributed by atoms with Crippen LogP contribution in [-0.4, -0.2) is 75.0 Å². The van der Waals surface area contributed by atoms with Crippen molar-refractivity contribution in [1.82, 2.24) is 20.1 Å². The zero-order valence-electron chi connectivity index (χ0n) is 24.9. The van der Waals surface area contributed by atoms with Gasteiger partial charge in [0.05, 0.1) is 0 Å². The van der Waals surface area contributed by atoms with E-state index >= 15 is 0 Å². The number of hydrogen-bond donors (Lipinski definition) is 1. The molecule has 0 unspecified atom stereocenters. The number of benzene rings is 1. The summed E-state index contributed by atoms with van der Waals surface area (Å²) in [5.74, 6) is -0.953. The molecule has 1 aliphatic heterocycles. The van der Waals surface area contributed by atoms with Gasteiger partial charge in [0.2, 0.25) is 5.91 Å². The first-order valence-electron chi connectivity index (χ1n) is 14.2. The maximum absolute atomic E-state index is 12.3. The third-order valence-corrected chi connectivity index (χ3v) is 8.20. The number of esters is 3. The molecule has 0 bridgehead atoms. The Morgan fingerprint density at radius 3 is 2.33 bits per heavy atom. The van der Waals surface area contributed by atoms with Crippen molar-refractivity contribution in [3.63, 3.8) is 0 Å². The van der Waals surface area contributed by atoms with E-state index in [-0.39, 0.29) is 19.3 Å². The van der Waals surface area contributed by atoms with Crippen LogP contribution in [-0.2, 0) is 44.7 Å². The van der Waals surface area contributed by atoms with Crippen molar-refractivity contribution < 1.29 is 42.9 Å². The van der Waals surface area contributed by atoms with Gasteiger partial charge in [0.15, 0.2) is 23.2 Å². The van der Waals surface area contributed by atoms with E-state index in [1.807, 2.05) is 35.8 Å². The molecule has 13 nitrogen and oxygen atoms in total. The predicted molar refractivity (Wildman–Crippen MR) is 153 cm³/mol. The highest BCUT2D eigenvalue weighted by Gasteiger charge is 2.51. The molecule has 43 heavy (non-hydrogen) atoms. The van der Waals surface area contributed by atoms with Gasteiger partial charge < -0.3 is 29.0 Å². The SMILES string of the molecule is CC(=O)N[C@H]1[C@H](OC(C)=O)[C@H](OC(C)=O)[C@@H](COC(C)=O)O[C@H]1Sc1nnc(COc2cccc(C)c2)n1C1CCCC1. The van der Waals surface area contributed by atoms with Gasteiger partial charge in [-0.15, -0.1) is 10.2 Å². The molecule has 4 rings (SSSR count). The zero-order chi connectivity index (χ0) is 31.1. The average molecular weight is 619 g/mol. The molecule has 5 atom stereocenters. The Hall–Kier alpha value is -3.65. The number of rotatable bonds is 11. The Balaban J connectivity index is 1.68. The van der Waals surface area contributed by atoms with Crippen molar-refractivity contribution in [1.29, 1.82) is 0 Å². The Bertz CT molecular complexity index is 1310. The lowest BCUT2D eigenvalue weighted by Crippen LogP contribution is -2.65. The molecule has 1 aromatic carbocycles. The third kappa shape index (κ3) is 8.69. The van der Waals surface area contributed by atoms with Crippen molar-refractivity contribution in [2.75, 3.05) is 6.61 Å². The minimum absolute atomic E-state index is 0.131. The van der Waals surface area contributed by atoms with Gasteiger partial charge in [-0.3, -0.25) is 23.7 Å². The largest absolute Gasteiger partial charge is 0.486 e. The Morgan fingerprint density at radius 2 is 1.70 bits per heavy atom. The van der Waals surface area contributed by atoms with Crippen LogP contribution in [0.15, 0.2) is 29.4 Å². The molecule has 2 fully saturated rings. The zero-order valence-corrected chi connectivity index (χ0v) is 25.8. The minimum atomic E-state index is -1.17. The van der Waals surface area contributed by atoms with E-state index < -0.39 is 53.6 Å². The molecule has 1 N–H and O–H groups in total. The van der Waals surface area contributed by atoms with E-state index in [2.05, 4.69) is 15.5 Å². The van der Waals surface area contributed by atoms with Gasteiger partial charge in [0, 0.05) is 33.7 Å². The van der Waals surface area contributed by atoms with Crippen LogP contribution in [0.5, 0.6) is 5.75 Å². The van der Waals surface area contributed by atoms with Gasteiger partial charge >= 0.3 is 17.9 Å². The van der Waals surface area contributed by atoms with Gasteiger partial charge in [-0.25, -0.2) is 0 Å². The molecule has 1 saturated carbocycles. The second-order valence-corrected chi connectivity index (χ2v) is 11.7. The number of ether oxygens (including phenoxy) is 5. The molecule has 1 aliphatic carbocycles. The number of nitrogens with zero attached hydrogens (tertiary/aromatic N) is 3. The van der Waals surface area contributed by atoms with Gasteiger partial charge in [0.1, 0.15) is 36.5 Å². The van der Waals surface area contributed by atoms with Crippen LogP contribution in [0.2, 0.25) is 0 Å². The summed E-state index contributed by atoms with van der Waals surface area (Å²) in [7, 11) is 0. The summed E-state index contributed by atoms with van der Waals surface area (Å²) < 4.78 is 30.8. The van der Waals surface area contributed by atoms with E-state index in [1.165, 1.54) is 39.5 Å². The summed E-state index contributed by atoms with van der Waals surface area (Å²) in [6.45, 7) is 6.87. The van der Waals surface area contributed by atoms with Crippen molar-refractivity contribution >= 4 is 35.6 Å². The van der Waals surface area contributed by atoms with Crippen molar-refractivity contribution in [3.8, 4) is 5.75 Å². The normalized spacial score (nSPS) is 23.8. The molecule has 2 aliphatic rings. The molecule has 0 radical (unpaired) electrons. The first-order valence-corrected chi connectivity index (χ1v) is 15.1. The minimum Gasteiger partial charge on any atom is -0.486 e. The van der Waals surface area contributed by atoms with Crippen LogP contribution >= 0.6 is 11.8 Å². The molecule has 1 aromatic heterocycles. The monoisotopic (exact) mass is 618 g/mol. The highest BCUT2D eigenvalue weighted by molar-refractivity contribution is 7.99. The number of thioether (sulfide) groups is 1. The van der Waals surface area contributed by atoms with Crippen molar-refractivity contribution in [2.24, 2.45) is 0 Å². The summed E-state index contributed by atoms with van der Waals surface area (Å²) in [6, 6.07) is 6.91. The van der Waals surface area contributed by atoms with Crippen LogP contribution < -0.4 is 10.1 Å². The second kappa shape index (κ2) is 14.7. The highest BCUT2D eigenvalue weighted by Crippen LogP contribution is 2.39. The lowest BCUT2D eigenvalue weighted by molar-refractivity contribution is -0.211. The van der Waals surface area contributed by atoms with Gasteiger partial charge in [-0.2, -0.15) is 0 Å².